The number of hydrogen-bond acceptors (Lipinski definition) is 3. The Labute approximate surface area is 201 Å². The number of benzene rings is 3. The van der Waals surface area contributed by atoms with Gasteiger partial charge in [0.25, 0.3) is 5.91 Å². The Hall–Kier alpha value is -3.90. The third kappa shape index (κ3) is 3.22. The van der Waals surface area contributed by atoms with E-state index in [1.165, 1.54) is 27.8 Å². The summed E-state index contributed by atoms with van der Waals surface area (Å²) < 4.78 is 4.50. The molecule has 6 aromatic rings. The molecule has 168 valence electrons. The van der Waals surface area contributed by atoms with Crippen LogP contribution in [0, 0.1) is 0 Å². The smallest absolute Gasteiger partial charge is 0.265 e. The van der Waals surface area contributed by atoms with Crippen LogP contribution in [0.1, 0.15) is 23.5 Å². The van der Waals surface area contributed by atoms with Crippen LogP contribution in [0.25, 0.3) is 43.5 Å². The molecule has 5 nitrogen and oxygen atoms in total. The lowest BCUT2D eigenvalue weighted by Crippen LogP contribution is -2.09. The first-order valence-corrected chi connectivity index (χ1v) is 12.4. The van der Waals surface area contributed by atoms with Crippen LogP contribution >= 0.6 is 11.3 Å². The van der Waals surface area contributed by atoms with Gasteiger partial charge in [-0.2, -0.15) is 0 Å². The summed E-state index contributed by atoms with van der Waals surface area (Å²) >= 11 is 1.47. The molecule has 0 aliphatic rings. The standard InChI is InChI=1S/C28H24N4OS/c1-3-31-22-11-7-5-9-19(22)20-17-18(13-14-23(20)31)29-28(33)26-16-15-25(34-26)27-30-21-10-6-8-12-24(21)32(27)4-2/h5-17H,3-4H2,1-2H3,(H,29,33). The number of imidazole rings is 1. The second kappa shape index (κ2) is 8.15. The van der Waals surface area contributed by atoms with E-state index in [1.807, 2.05) is 36.4 Å². The summed E-state index contributed by atoms with van der Waals surface area (Å²) in [6.45, 7) is 5.99. The fourth-order valence-corrected chi connectivity index (χ4v) is 5.73. The molecule has 1 amide bonds. The molecule has 0 unspecified atom stereocenters. The number of nitrogens with one attached hydrogen (secondary N) is 1. The Morgan fingerprint density at radius 2 is 1.56 bits per heavy atom. The molecule has 3 aromatic carbocycles. The van der Waals surface area contributed by atoms with Gasteiger partial charge < -0.3 is 14.5 Å². The maximum Gasteiger partial charge on any atom is 0.265 e. The zero-order valence-corrected chi connectivity index (χ0v) is 19.9. The molecule has 0 fully saturated rings. The van der Waals surface area contributed by atoms with Crippen molar-refractivity contribution in [2.75, 3.05) is 5.32 Å². The highest BCUT2D eigenvalue weighted by Crippen LogP contribution is 2.33. The zero-order valence-electron chi connectivity index (χ0n) is 19.1. The quantitative estimate of drug-likeness (QED) is 0.294. The van der Waals surface area contributed by atoms with E-state index in [2.05, 4.69) is 70.8 Å². The summed E-state index contributed by atoms with van der Waals surface area (Å²) in [5.74, 6) is 0.801. The van der Waals surface area contributed by atoms with Gasteiger partial charge in [-0.1, -0.05) is 30.3 Å². The van der Waals surface area contributed by atoms with Gasteiger partial charge in [-0.15, -0.1) is 11.3 Å². The van der Waals surface area contributed by atoms with E-state index in [0.717, 1.165) is 45.9 Å². The number of rotatable bonds is 5. The Morgan fingerprint density at radius 1 is 0.824 bits per heavy atom. The van der Waals surface area contributed by atoms with Crippen molar-refractivity contribution in [3.8, 4) is 10.7 Å². The Bertz CT molecular complexity index is 1690. The highest BCUT2D eigenvalue weighted by Gasteiger charge is 2.17. The van der Waals surface area contributed by atoms with Crippen LogP contribution in [0.15, 0.2) is 78.9 Å². The molecule has 0 spiro atoms. The van der Waals surface area contributed by atoms with Gasteiger partial charge in [0.15, 0.2) is 5.82 Å². The number of thiophene rings is 1. The van der Waals surface area contributed by atoms with Crippen LogP contribution in [-0.4, -0.2) is 20.0 Å². The zero-order chi connectivity index (χ0) is 23.2. The normalized spacial score (nSPS) is 11.6. The molecule has 6 rings (SSSR count). The molecule has 34 heavy (non-hydrogen) atoms. The molecule has 1 N–H and O–H groups in total. The molecule has 0 radical (unpaired) electrons. The van der Waals surface area contributed by atoms with E-state index in [9.17, 15) is 4.79 Å². The van der Waals surface area contributed by atoms with Gasteiger partial charge in [0.1, 0.15) is 0 Å². The van der Waals surface area contributed by atoms with Crippen molar-refractivity contribution in [1.29, 1.82) is 0 Å². The second-order valence-corrected chi connectivity index (χ2v) is 9.36. The first-order chi connectivity index (χ1) is 16.7. The lowest BCUT2D eigenvalue weighted by molar-refractivity contribution is 0.103. The number of nitrogens with zero attached hydrogens (tertiary/aromatic N) is 3. The number of aromatic nitrogens is 3. The molecular formula is C28H24N4OS. The highest BCUT2D eigenvalue weighted by molar-refractivity contribution is 7.17. The minimum absolute atomic E-state index is 0.103. The number of aryl methyl sites for hydroxylation is 2. The van der Waals surface area contributed by atoms with E-state index in [-0.39, 0.29) is 5.91 Å². The predicted octanol–water partition coefficient (Wildman–Crippen LogP) is 7.16. The van der Waals surface area contributed by atoms with Crippen LogP contribution in [-0.2, 0) is 13.1 Å². The highest BCUT2D eigenvalue weighted by atomic mass is 32.1. The van der Waals surface area contributed by atoms with Gasteiger partial charge in [0, 0.05) is 40.6 Å². The predicted molar refractivity (Wildman–Crippen MR) is 142 cm³/mol. The van der Waals surface area contributed by atoms with Crippen molar-refractivity contribution in [3.05, 3.63) is 83.7 Å². The molecule has 0 aliphatic carbocycles. The Balaban J connectivity index is 1.32. The van der Waals surface area contributed by atoms with Crippen molar-refractivity contribution < 1.29 is 4.79 Å². The van der Waals surface area contributed by atoms with Crippen molar-refractivity contribution in [3.63, 3.8) is 0 Å². The molecule has 6 heteroatoms. The average molecular weight is 465 g/mol. The summed E-state index contributed by atoms with van der Waals surface area (Å²) in [4.78, 5) is 19.6. The first kappa shape index (κ1) is 20.7. The average Bonchev–Trinajstić information content (AvgIpc) is 3.57. The summed E-state index contributed by atoms with van der Waals surface area (Å²) in [6.07, 6.45) is 0. The molecular weight excluding hydrogens is 440 g/mol. The van der Waals surface area contributed by atoms with Crippen LogP contribution in [0.4, 0.5) is 5.69 Å². The molecule has 0 saturated heterocycles. The number of carbonyl (C=O) groups is 1. The van der Waals surface area contributed by atoms with E-state index < -0.39 is 0 Å². The monoisotopic (exact) mass is 464 g/mol. The minimum Gasteiger partial charge on any atom is -0.341 e. The minimum atomic E-state index is -0.103. The van der Waals surface area contributed by atoms with Crippen molar-refractivity contribution >= 4 is 55.8 Å². The molecule has 0 bridgehead atoms. The fraction of sp³-hybridized carbons (Fsp3) is 0.143. The summed E-state index contributed by atoms with van der Waals surface area (Å²) in [5.41, 5.74) is 5.27. The third-order valence-corrected chi connectivity index (χ3v) is 7.45. The molecule has 3 aromatic heterocycles. The van der Waals surface area contributed by atoms with E-state index in [1.54, 1.807) is 0 Å². The van der Waals surface area contributed by atoms with Gasteiger partial charge in [0.2, 0.25) is 0 Å². The van der Waals surface area contributed by atoms with Crippen molar-refractivity contribution in [2.24, 2.45) is 0 Å². The van der Waals surface area contributed by atoms with Gasteiger partial charge in [-0.05, 0) is 62.4 Å². The molecule has 0 aliphatic heterocycles. The summed E-state index contributed by atoms with van der Waals surface area (Å²) in [5, 5.41) is 5.45. The SMILES string of the molecule is CCn1c(-c2ccc(C(=O)Nc3ccc4c(c3)c3ccccc3n4CC)s2)nc2ccccc21. The lowest BCUT2D eigenvalue weighted by atomic mass is 10.1. The van der Waals surface area contributed by atoms with Gasteiger partial charge in [0.05, 0.1) is 20.8 Å². The fourth-order valence-electron chi connectivity index (χ4n) is 4.83. The molecule has 3 heterocycles. The number of amides is 1. The Morgan fingerprint density at radius 3 is 2.38 bits per heavy atom. The van der Waals surface area contributed by atoms with Gasteiger partial charge in [-0.25, -0.2) is 4.98 Å². The van der Waals surface area contributed by atoms with E-state index >= 15 is 0 Å². The number of hydrogen-bond donors (Lipinski definition) is 1. The van der Waals surface area contributed by atoms with Crippen LogP contribution in [0.2, 0.25) is 0 Å². The number of anilines is 1. The molecule has 0 saturated carbocycles. The summed E-state index contributed by atoms with van der Waals surface area (Å²) in [7, 11) is 0. The number of carbonyl (C=O) groups excluding carboxylic acids is 1. The maximum absolute atomic E-state index is 13.1. The van der Waals surface area contributed by atoms with Gasteiger partial charge >= 0.3 is 0 Å². The van der Waals surface area contributed by atoms with Gasteiger partial charge in [-0.3, -0.25) is 4.79 Å². The maximum atomic E-state index is 13.1. The van der Waals surface area contributed by atoms with Crippen LogP contribution < -0.4 is 5.32 Å². The van der Waals surface area contributed by atoms with Crippen LogP contribution in [0.3, 0.4) is 0 Å². The first-order valence-electron chi connectivity index (χ1n) is 11.6. The third-order valence-electron chi connectivity index (χ3n) is 6.37. The second-order valence-electron chi connectivity index (χ2n) is 8.28. The van der Waals surface area contributed by atoms with Crippen LogP contribution in [0.5, 0.6) is 0 Å². The number of para-hydroxylation sites is 3. The van der Waals surface area contributed by atoms with Crippen molar-refractivity contribution in [1.82, 2.24) is 14.1 Å². The largest absolute Gasteiger partial charge is 0.341 e. The van der Waals surface area contributed by atoms with E-state index in [4.69, 9.17) is 4.98 Å². The summed E-state index contributed by atoms with van der Waals surface area (Å²) in [6, 6.07) is 26.6. The topological polar surface area (TPSA) is 51.9 Å². The Kier molecular flexibility index (Phi) is 4.96. The molecule has 0 atom stereocenters. The lowest BCUT2D eigenvalue weighted by Gasteiger charge is -2.06. The van der Waals surface area contributed by atoms with Crippen molar-refractivity contribution in [2.45, 2.75) is 26.9 Å². The van der Waals surface area contributed by atoms with E-state index in [0.29, 0.717) is 4.88 Å². The number of fused-ring (bicyclic) bond motifs is 4.